The number of benzene rings is 1. The molecule has 0 amide bonds. The maximum absolute atomic E-state index is 12.1. The molecule has 0 radical (unpaired) electrons. The quantitative estimate of drug-likeness (QED) is 0.810. The highest BCUT2D eigenvalue weighted by Crippen LogP contribution is 2.27. The summed E-state index contributed by atoms with van der Waals surface area (Å²) in [5, 5.41) is 13.2. The first-order chi connectivity index (χ1) is 10.0. The molecule has 116 valence electrons. The number of likely N-dealkylation sites (tertiary alicyclic amines) is 1. The van der Waals surface area contributed by atoms with Crippen LogP contribution in [0.4, 0.5) is 0 Å². The van der Waals surface area contributed by atoms with E-state index < -0.39 is 11.5 Å². The molecule has 1 unspecified atom stereocenters. The normalized spacial score (nSPS) is 18.8. The second-order valence-corrected chi connectivity index (χ2v) is 6.17. The predicted octanol–water partition coefficient (Wildman–Crippen LogP) is 2.45. The van der Waals surface area contributed by atoms with E-state index in [0.29, 0.717) is 6.42 Å². The van der Waals surface area contributed by atoms with Crippen molar-refractivity contribution in [1.82, 2.24) is 10.2 Å². The summed E-state index contributed by atoms with van der Waals surface area (Å²) in [6.07, 6.45) is 3.04. The van der Waals surface area contributed by atoms with Gasteiger partial charge in [0.15, 0.2) is 0 Å². The summed E-state index contributed by atoms with van der Waals surface area (Å²) in [5.74, 6) is -0.790. The number of nitrogens with zero attached hydrogens (tertiary/aromatic N) is 1. The van der Waals surface area contributed by atoms with Gasteiger partial charge in [0.05, 0.1) is 0 Å². The first kappa shape index (κ1) is 16.0. The fraction of sp³-hybridized carbons (Fsp3) is 0.588. The van der Waals surface area contributed by atoms with Crippen LogP contribution in [0.5, 0.6) is 0 Å². The van der Waals surface area contributed by atoms with E-state index in [4.69, 9.17) is 0 Å². The van der Waals surface area contributed by atoms with Crippen molar-refractivity contribution in [2.45, 2.75) is 44.7 Å². The number of carboxylic acid groups (broad SMARTS) is 1. The van der Waals surface area contributed by atoms with Gasteiger partial charge in [0, 0.05) is 12.6 Å². The van der Waals surface area contributed by atoms with Crippen LogP contribution in [0.15, 0.2) is 30.3 Å². The molecular formula is C17H26N2O2. The van der Waals surface area contributed by atoms with Crippen molar-refractivity contribution in [3.05, 3.63) is 35.9 Å². The maximum atomic E-state index is 12.1. The van der Waals surface area contributed by atoms with Gasteiger partial charge in [-0.1, -0.05) is 30.3 Å². The third kappa shape index (κ3) is 3.83. The average Bonchev–Trinajstić information content (AvgIpc) is 2.97. The SMILES string of the molecule is CC(C)NC(CCN1CCCC1)(C(=O)O)c1ccccc1. The molecule has 4 heteroatoms. The van der Waals surface area contributed by atoms with E-state index >= 15 is 0 Å². The Labute approximate surface area is 127 Å². The van der Waals surface area contributed by atoms with E-state index in [-0.39, 0.29) is 6.04 Å². The lowest BCUT2D eigenvalue weighted by Crippen LogP contribution is -2.53. The lowest BCUT2D eigenvalue weighted by molar-refractivity contribution is -0.146. The number of carbonyl (C=O) groups is 1. The van der Waals surface area contributed by atoms with Gasteiger partial charge in [0.1, 0.15) is 5.54 Å². The van der Waals surface area contributed by atoms with Crippen LogP contribution in [0.2, 0.25) is 0 Å². The van der Waals surface area contributed by atoms with Crippen molar-refractivity contribution in [2.24, 2.45) is 0 Å². The van der Waals surface area contributed by atoms with Crippen LogP contribution in [-0.4, -0.2) is 41.7 Å². The van der Waals surface area contributed by atoms with E-state index in [9.17, 15) is 9.90 Å². The van der Waals surface area contributed by atoms with Gasteiger partial charge in [-0.2, -0.15) is 0 Å². The van der Waals surface area contributed by atoms with Gasteiger partial charge in [0.25, 0.3) is 0 Å². The van der Waals surface area contributed by atoms with Gasteiger partial charge < -0.3 is 10.0 Å². The van der Waals surface area contributed by atoms with Crippen LogP contribution in [0.1, 0.15) is 38.7 Å². The van der Waals surface area contributed by atoms with Gasteiger partial charge in [-0.05, 0) is 51.8 Å². The summed E-state index contributed by atoms with van der Waals surface area (Å²) in [7, 11) is 0. The molecule has 0 aromatic heterocycles. The van der Waals surface area contributed by atoms with Crippen LogP contribution in [0.3, 0.4) is 0 Å². The minimum Gasteiger partial charge on any atom is -0.480 e. The number of aliphatic carboxylic acids is 1. The monoisotopic (exact) mass is 290 g/mol. The Kier molecular flexibility index (Phi) is 5.37. The average molecular weight is 290 g/mol. The molecule has 2 N–H and O–H groups in total. The molecule has 1 atom stereocenters. The molecule has 21 heavy (non-hydrogen) atoms. The fourth-order valence-electron chi connectivity index (χ4n) is 3.14. The van der Waals surface area contributed by atoms with Crippen LogP contribution < -0.4 is 5.32 Å². The predicted molar refractivity (Wildman–Crippen MR) is 84.3 cm³/mol. The lowest BCUT2D eigenvalue weighted by atomic mass is 9.85. The van der Waals surface area contributed by atoms with Crippen LogP contribution in [0.25, 0.3) is 0 Å². The minimum absolute atomic E-state index is 0.111. The second kappa shape index (κ2) is 7.05. The highest BCUT2D eigenvalue weighted by Gasteiger charge is 2.40. The van der Waals surface area contributed by atoms with E-state index in [1.165, 1.54) is 12.8 Å². The molecule has 1 saturated heterocycles. The molecule has 1 aromatic carbocycles. The Hall–Kier alpha value is -1.39. The first-order valence-electron chi connectivity index (χ1n) is 7.83. The summed E-state index contributed by atoms with van der Waals surface area (Å²) in [6, 6.07) is 9.67. The van der Waals surface area contributed by atoms with E-state index in [1.807, 2.05) is 44.2 Å². The van der Waals surface area contributed by atoms with Crippen LogP contribution >= 0.6 is 0 Å². The van der Waals surface area contributed by atoms with Crippen molar-refractivity contribution < 1.29 is 9.90 Å². The van der Waals surface area contributed by atoms with Gasteiger partial charge >= 0.3 is 5.97 Å². The molecule has 1 aromatic rings. The maximum Gasteiger partial charge on any atom is 0.328 e. The molecule has 1 fully saturated rings. The van der Waals surface area contributed by atoms with Gasteiger partial charge in [0.2, 0.25) is 0 Å². The first-order valence-corrected chi connectivity index (χ1v) is 7.83. The second-order valence-electron chi connectivity index (χ2n) is 6.17. The zero-order chi connectivity index (χ0) is 15.3. The van der Waals surface area contributed by atoms with Crippen LogP contribution in [-0.2, 0) is 10.3 Å². The number of carboxylic acids is 1. The summed E-state index contributed by atoms with van der Waals surface area (Å²) < 4.78 is 0. The van der Waals surface area contributed by atoms with Crippen molar-refractivity contribution in [3.8, 4) is 0 Å². The zero-order valence-electron chi connectivity index (χ0n) is 13.0. The van der Waals surface area contributed by atoms with Gasteiger partial charge in [-0.3, -0.25) is 5.32 Å². The minimum atomic E-state index is -1.00. The van der Waals surface area contributed by atoms with E-state index in [2.05, 4.69) is 10.2 Å². The molecule has 1 heterocycles. The molecule has 2 rings (SSSR count). The summed E-state index contributed by atoms with van der Waals surface area (Å²) in [6.45, 7) is 6.99. The standard InChI is InChI=1S/C17H26N2O2/c1-14(2)18-17(16(20)21,15-8-4-3-5-9-15)10-13-19-11-6-7-12-19/h3-5,8-9,14,18H,6-7,10-13H2,1-2H3,(H,20,21). The molecule has 0 aliphatic carbocycles. The summed E-state index contributed by atoms with van der Waals surface area (Å²) in [4.78, 5) is 14.4. The summed E-state index contributed by atoms with van der Waals surface area (Å²) >= 11 is 0. The van der Waals surface area contributed by atoms with Crippen molar-refractivity contribution in [1.29, 1.82) is 0 Å². The molecule has 1 aliphatic rings. The Bertz CT molecular complexity index is 455. The Morgan fingerprint density at radius 2 is 1.90 bits per heavy atom. The third-order valence-corrected chi connectivity index (χ3v) is 4.17. The van der Waals surface area contributed by atoms with Crippen molar-refractivity contribution in [2.75, 3.05) is 19.6 Å². The van der Waals surface area contributed by atoms with Crippen molar-refractivity contribution in [3.63, 3.8) is 0 Å². The summed E-state index contributed by atoms with van der Waals surface area (Å²) in [5.41, 5.74) is -0.164. The number of rotatable bonds is 7. The lowest BCUT2D eigenvalue weighted by Gasteiger charge is -2.34. The molecule has 4 nitrogen and oxygen atoms in total. The molecule has 0 spiro atoms. The van der Waals surface area contributed by atoms with Crippen molar-refractivity contribution >= 4 is 5.97 Å². The number of nitrogens with one attached hydrogen (secondary N) is 1. The Morgan fingerprint density at radius 1 is 1.29 bits per heavy atom. The van der Waals surface area contributed by atoms with Crippen LogP contribution in [0, 0.1) is 0 Å². The smallest absolute Gasteiger partial charge is 0.328 e. The topological polar surface area (TPSA) is 52.6 Å². The molecule has 0 bridgehead atoms. The highest BCUT2D eigenvalue weighted by molar-refractivity contribution is 5.80. The number of hydrogen-bond donors (Lipinski definition) is 2. The zero-order valence-corrected chi connectivity index (χ0v) is 13.0. The third-order valence-electron chi connectivity index (χ3n) is 4.17. The molecule has 0 saturated carbocycles. The fourth-order valence-corrected chi connectivity index (χ4v) is 3.14. The van der Waals surface area contributed by atoms with E-state index in [1.54, 1.807) is 0 Å². The largest absolute Gasteiger partial charge is 0.480 e. The molecular weight excluding hydrogens is 264 g/mol. The van der Waals surface area contributed by atoms with E-state index in [0.717, 1.165) is 25.2 Å². The Morgan fingerprint density at radius 3 is 2.43 bits per heavy atom. The van der Waals surface area contributed by atoms with Gasteiger partial charge in [-0.25, -0.2) is 4.79 Å². The van der Waals surface area contributed by atoms with Gasteiger partial charge in [-0.15, -0.1) is 0 Å². The molecule has 1 aliphatic heterocycles. The number of hydrogen-bond acceptors (Lipinski definition) is 3. The Balaban J connectivity index is 2.24. The highest BCUT2D eigenvalue weighted by atomic mass is 16.4.